The monoisotopic (exact) mass is 528 g/mol. The van der Waals surface area contributed by atoms with Crippen molar-refractivity contribution in [3.05, 3.63) is 129 Å². The number of carbonyl (C=O) groups is 2. The predicted molar refractivity (Wildman–Crippen MR) is 147 cm³/mol. The number of fused-ring (bicyclic) bond motifs is 1. The van der Waals surface area contributed by atoms with E-state index < -0.39 is 5.63 Å². The lowest BCUT2D eigenvalue weighted by atomic mass is 10.0. The molecule has 6 nitrogen and oxygen atoms in total. The summed E-state index contributed by atoms with van der Waals surface area (Å²) in [5.74, 6) is -0.731. The van der Waals surface area contributed by atoms with Crippen molar-refractivity contribution in [1.29, 1.82) is 0 Å². The number of benzene rings is 4. The smallest absolute Gasteiger partial charge is 0.344 e. The summed E-state index contributed by atoms with van der Waals surface area (Å²) >= 11 is 12.0. The van der Waals surface area contributed by atoms with Crippen molar-refractivity contribution in [3.63, 3.8) is 0 Å². The molecule has 5 rings (SSSR count). The average molecular weight is 529 g/mol. The Kier molecular flexibility index (Phi) is 6.77. The molecule has 0 bridgehead atoms. The van der Waals surface area contributed by atoms with Gasteiger partial charge >= 0.3 is 5.63 Å². The Hall–Kier alpha value is -4.39. The zero-order valence-corrected chi connectivity index (χ0v) is 20.6. The van der Waals surface area contributed by atoms with Crippen molar-refractivity contribution < 1.29 is 14.0 Å². The third-order valence-electron chi connectivity index (χ3n) is 5.65. The quantitative estimate of drug-likeness (QED) is 0.235. The van der Waals surface area contributed by atoms with Crippen LogP contribution < -0.4 is 16.3 Å². The maximum atomic E-state index is 12.9. The van der Waals surface area contributed by atoms with E-state index in [-0.39, 0.29) is 16.8 Å². The van der Waals surface area contributed by atoms with E-state index >= 15 is 0 Å². The highest BCUT2D eigenvalue weighted by Gasteiger charge is 2.13. The van der Waals surface area contributed by atoms with E-state index in [2.05, 4.69) is 10.6 Å². The fourth-order valence-corrected chi connectivity index (χ4v) is 4.30. The van der Waals surface area contributed by atoms with Crippen LogP contribution >= 0.6 is 23.2 Å². The molecule has 2 N–H and O–H groups in total. The number of halogens is 2. The van der Waals surface area contributed by atoms with Gasteiger partial charge in [-0.25, -0.2) is 4.79 Å². The zero-order valence-electron chi connectivity index (χ0n) is 19.1. The summed E-state index contributed by atoms with van der Waals surface area (Å²) in [6, 6.07) is 27.0. The molecule has 5 aromatic rings. The molecule has 0 aliphatic heterocycles. The van der Waals surface area contributed by atoms with E-state index in [0.29, 0.717) is 44.2 Å². The molecule has 0 fully saturated rings. The molecule has 4 aromatic carbocycles. The number of rotatable bonds is 5. The van der Waals surface area contributed by atoms with Crippen LogP contribution in [-0.2, 0) is 0 Å². The van der Waals surface area contributed by atoms with E-state index in [1.807, 2.05) is 12.1 Å². The summed E-state index contributed by atoms with van der Waals surface area (Å²) in [5, 5.41) is 7.05. The molecule has 8 heteroatoms. The molecular formula is C29H18Cl2N2O4. The van der Waals surface area contributed by atoms with Gasteiger partial charge in [-0.15, -0.1) is 0 Å². The first-order valence-electron chi connectivity index (χ1n) is 11.2. The largest absolute Gasteiger partial charge is 0.422 e. The molecule has 0 aliphatic rings. The molecular weight excluding hydrogens is 511 g/mol. The van der Waals surface area contributed by atoms with Gasteiger partial charge in [0.05, 0.1) is 16.1 Å². The van der Waals surface area contributed by atoms with Crippen molar-refractivity contribution in [3.8, 4) is 11.1 Å². The van der Waals surface area contributed by atoms with Gasteiger partial charge in [-0.05, 0) is 72.3 Å². The Labute approximate surface area is 221 Å². The Morgan fingerprint density at radius 1 is 0.703 bits per heavy atom. The van der Waals surface area contributed by atoms with Crippen LogP contribution in [0, 0.1) is 0 Å². The first-order chi connectivity index (χ1) is 17.9. The molecule has 1 aromatic heterocycles. The van der Waals surface area contributed by atoms with Gasteiger partial charge < -0.3 is 15.1 Å². The number of anilines is 2. The normalized spacial score (nSPS) is 10.8. The van der Waals surface area contributed by atoms with Gasteiger partial charge in [-0.2, -0.15) is 0 Å². The van der Waals surface area contributed by atoms with Crippen molar-refractivity contribution in [2.24, 2.45) is 0 Å². The minimum absolute atomic E-state index is 0.248. The fourth-order valence-electron chi connectivity index (χ4n) is 3.80. The van der Waals surface area contributed by atoms with Crippen molar-refractivity contribution in [2.45, 2.75) is 0 Å². The molecule has 0 radical (unpaired) electrons. The highest BCUT2D eigenvalue weighted by atomic mass is 35.5. The lowest BCUT2D eigenvalue weighted by molar-refractivity contribution is 0.101. The Morgan fingerprint density at radius 2 is 1.41 bits per heavy atom. The SMILES string of the molecule is O=C(Nc1ccc(NC(=O)c2ccc(Cl)cc2Cl)cc1)c1cccc(-c2cc3ccccc3oc2=O)c1. The van der Waals surface area contributed by atoms with Gasteiger partial charge in [0.25, 0.3) is 11.8 Å². The molecule has 1 heterocycles. The Balaban J connectivity index is 1.30. The standard InChI is InChI=1S/C29H18Cl2N2O4/c30-20-8-13-23(25(31)16-20)28(35)33-22-11-9-21(10-12-22)32-27(34)19-6-3-5-17(14-19)24-15-18-4-1-2-7-26(18)37-29(24)36/h1-16H,(H,32,34)(H,33,35). The summed E-state index contributed by atoms with van der Waals surface area (Å²) in [5.41, 5.74) is 2.70. The number of hydrogen-bond donors (Lipinski definition) is 2. The third-order valence-corrected chi connectivity index (χ3v) is 6.20. The van der Waals surface area contributed by atoms with Gasteiger partial charge in [-0.3, -0.25) is 9.59 Å². The van der Waals surface area contributed by atoms with E-state index in [0.717, 1.165) is 5.39 Å². The number of carbonyl (C=O) groups excluding carboxylic acids is 2. The highest BCUT2D eigenvalue weighted by Crippen LogP contribution is 2.24. The fraction of sp³-hybridized carbons (Fsp3) is 0. The van der Waals surface area contributed by atoms with Crippen LogP contribution in [0.2, 0.25) is 10.0 Å². The van der Waals surface area contributed by atoms with Crippen LogP contribution in [0.4, 0.5) is 11.4 Å². The van der Waals surface area contributed by atoms with E-state index in [1.165, 1.54) is 6.07 Å². The number of para-hydroxylation sites is 1. The van der Waals surface area contributed by atoms with E-state index in [4.69, 9.17) is 27.6 Å². The zero-order chi connectivity index (χ0) is 25.9. The molecule has 0 saturated heterocycles. The maximum Gasteiger partial charge on any atom is 0.344 e. The molecule has 0 saturated carbocycles. The number of amides is 2. The van der Waals surface area contributed by atoms with Crippen LogP contribution in [0.25, 0.3) is 22.1 Å². The van der Waals surface area contributed by atoms with Crippen LogP contribution in [-0.4, -0.2) is 11.8 Å². The van der Waals surface area contributed by atoms with Gasteiger partial charge in [0.15, 0.2) is 0 Å². The summed E-state index contributed by atoms with van der Waals surface area (Å²) < 4.78 is 5.42. The summed E-state index contributed by atoms with van der Waals surface area (Å²) in [6.45, 7) is 0. The van der Waals surface area contributed by atoms with E-state index in [1.54, 1.807) is 78.9 Å². The lowest BCUT2D eigenvalue weighted by Crippen LogP contribution is -2.14. The van der Waals surface area contributed by atoms with Crippen LogP contribution in [0.3, 0.4) is 0 Å². The molecule has 37 heavy (non-hydrogen) atoms. The molecule has 2 amide bonds. The predicted octanol–water partition coefficient (Wildman–Crippen LogP) is 7.27. The molecule has 0 aliphatic carbocycles. The van der Waals surface area contributed by atoms with E-state index in [9.17, 15) is 14.4 Å². The molecule has 0 unspecified atom stereocenters. The first kappa shape index (κ1) is 24.3. The van der Waals surface area contributed by atoms with Crippen LogP contribution in [0.5, 0.6) is 0 Å². The molecule has 0 spiro atoms. The second kappa shape index (κ2) is 10.3. The highest BCUT2D eigenvalue weighted by molar-refractivity contribution is 6.37. The summed E-state index contributed by atoms with van der Waals surface area (Å²) in [6.07, 6.45) is 0. The molecule has 182 valence electrons. The first-order valence-corrected chi connectivity index (χ1v) is 11.9. The summed E-state index contributed by atoms with van der Waals surface area (Å²) in [7, 11) is 0. The van der Waals surface area contributed by atoms with Gasteiger partial charge in [0.1, 0.15) is 5.58 Å². The lowest BCUT2D eigenvalue weighted by Gasteiger charge is -2.10. The van der Waals surface area contributed by atoms with Gasteiger partial charge in [0.2, 0.25) is 0 Å². The number of hydrogen-bond acceptors (Lipinski definition) is 4. The van der Waals surface area contributed by atoms with Crippen molar-refractivity contribution >= 4 is 57.4 Å². The minimum Gasteiger partial charge on any atom is -0.422 e. The van der Waals surface area contributed by atoms with Gasteiger partial charge in [-0.1, -0.05) is 53.5 Å². The van der Waals surface area contributed by atoms with Crippen molar-refractivity contribution in [2.75, 3.05) is 10.6 Å². The second-order valence-electron chi connectivity index (χ2n) is 8.18. The van der Waals surface area contributed by atoms with Crippen molar-refractivity contribution in [1.82, 2.24) is 0 Å². The number of nitrogens with one attached hydrogen (secondary N) is 2. The molecule has 0 atom stereocenters. The van der Waals surface area contributed by atoms with Gasteiger partial charge in [0, 0.05) is 27.3 Å². The summed E-state index contributed by atoms with van der Waals surface area (Å²) in [4.78, 5) is 37.9. The van der Waals surface area contributed by atoms with Crippen LogP contribution in [0.15, 0.2) is 106 Å². The maximum absolute atomic E-state index is 12.9. The van der Waals surface area contributed by atoms with Crippen LogP contribution in [0.1, 0.15) is 20.7 Å². The second-order valence-corrected chi connectivity index (χ2v) is 9.02. The Bertz CT molecular complexity index is 1710. The topological polar surface area (TPSA) is 88.4 Å². The Morgan fingerprint density at radius 3 is 2.14 bits per heavy atom. The average Bonchev–Trinajstić information content (AvgIpc) is 2.89. The third kappa shape index (κ3) is 5.40. The minimum atomic E-state index is -0.478.